The van der Waals surface area contributed by atoms with Gasteiger partial charge in [-0.2, -0.15) is 13.2 Å². The van der Waals surface area contributed by atoms with Crippen molar-refractivity contribution >= 4 is 5.91 Å². The first-order valence-electron chi connectivity index (χ1n) is 6.47. The van der Waals surface area contributed by atoms with Gasteiger partial charge >= 0.3 is 6.18 Å². The normalized spacial score (nSPS) is 12.9. The summed E-state index contributed by atoms with van der Waals surface area (Å²) in [6.45, 7) is 2.01. The quantitative estimate of drug-likeness (QED) is 0.848. The lowest BCUT2D eigenvalue weighted by Gasteiger charge is -2.14. The monoisotopic (exact) mass is 304 g/mol. The van der Waals surface area contributed by atoms with Crippen molar-refractivity contribution in [2.24, 2.45) is 0 Å². The first kappa shape index (κ1) is 17.3. The van der Waals surface area contributed by atoms with E-state index in [1.54, 1.807) is 11.4 Å². The zero-order valence-electron chi connectivity index (χ0n) is 12.2. The van der Waals surface area contributed by atoms with Gasteiger partial charge in [-0.15, -0.1) is 0 Å². The van der Waals surface area contributed by atoms with Crippen molar-refractivity contribution in [3.63, 3.8) is 0 Å². The van der Waals surface area contributed by atoms with Crippen LogP contribution in [0.1, 0.15) is 24.1 Å². The Hall–Kier alpha value is -1.76. The lowest BCUT2D eigenvalue weighted by Crippen LogP contribution is -2.36. The number of nitrogens with one attached hydrogen (secondary N) is 2. The van der Waals surface area contributed by atoms with E-state index in [2.05, 4.69) is 5.32 Å². The summed E-state index contributed by atoms with van der Waals surface area (Å²) in [5, 5.41) is 4.85. The molecule has 0 aliphatic rings. The molecule has 0 radical (unpaired) electrons. The fourth-order valence-corrected chi connectivity index (χ4v) is 1.66. The molecule has 0 bridgehead atoms. The first-order chi connectivity index (χ1) is 9.73. The van der Waals surface area contributed by atoms with Crippen LogP contribution in [0.5, 0.6) is 5.75 Å². The second-order valence-electron chi connectivity index (χ2n) is 4.72. The number of aryl methyl sites for hydroxylation is 1. The number of rotatable bonds is 6. The molecular formula is C14H19F3N2O2. The minimum atomic E-state index is -4.42. The molecule has 0 spiro atoms. The molecule has 1 aromatic carbocycles. The molecular weight excluding hydrogens is 285 g/mol. The number of amides is 1. The Morgan fingerprint density at radius 2 is 2.05 bits per heavy atom. The minimum absolute atomic E-state index is 0.174. The summed E-state index contributed by atoms with van der Waals surface area (Å²) >= 11 is 0. The summed E-state index contributed by atoms with van der Waals surface area (Å²) in [5.41, 5.74) is 1.88. The van der Waals surface area contributed by atoms with E-state index < -0.39 is 25.2 Å². The summed E-state index contributed by atoms with van der Waals surface area (Å²) in [6, 6.07) is 5.63. The molecule has 4 nitrogen and oxygen atoms in total. The molecule has 0 aliphatic carbocycles. The minimum Gasteiger partial charge on any atom is -0.484 e. The van der Waals surface area contributed by atoms with Gasteiger partial charge in [0.05, 0.1) is 0 Å². The fraction of sp³-hybridized carbons (Fsp3) is 0.500. The Morgan fingerprint density at radius 3 is 2.57 bits per heavy atom. The van der Waals surface area contributed by atoms with Crippen LogP contribution in [-0.2, 0) is 4.79 Å². The van der Waals surface area contributed by atoms with Gasteiger partial charge in [-0.3, -0.25) is 4.79 Å². The average molecular weight is 304 g/mol. The van der Waals surface area contributed by atoms with E-state index in [1.165, 1.54) is 0 Å². The molecule has 21 heavy (non-hydrogen) atoms. The Labute approximate surface area is 121 Å². The maximum Gasteiger partial charge on any atom is 0.405 e. The predicted octanol–water partition coefficient (Wildman–Crippen LogP) is 2.33. The lowest BCUT2D eigenvalue weighted by atomic mass is 10.1. The zero-order valence-corrected chi connectivity index (χ0v) is 12.2. The molecule has 0 saturated heterocycles. The van der Waals surface area contributed by atoms with E-state index in [1.807, 2.05) is 33.0 Å². The molecule has 1 atom stereocenters. The first-order valence-corrected chi connectivity index (χ1v) is 6.47. The van der Waals surface area contributed by atoms with Crippen LogP contribution in [0.25, 0.3) is 0 Å². The molecule has 1 unspecified atom stereocenters. The molecule has 0 aliphatic heterocycles. The fourth-order valence-electron chi connectivity index (χ4n) is 1.66. The number of hydrogen-bond acceptors (Lipinski definition) is 3. The van der Waals surface area contributed by atoms with Crippen molar-refractivity contribution in [3.8, 4) is 5.75 Å². The van der Waals surface area contributed by atoms with E-state index in [-0.39, 0.29) is 6.04 Å². The maximum absolute atomic E-state index is 11.9. The highest BCUT2D eigenvalue weighted by Gasteiger charge is 2.27. The molecule has 0 fully saturated rings. The van der Waals surface area contributed by atoms with Gasteiger partial charge in [0.1, 0.15) is 12.3 Å². The van der Waals surface area contributed by atoms with Crippen LogP contribution in [0, 0.1) is 6.92 Å². The van der Waals surface area contributed by atoms with Crippen LogP contribution in [0.2, 0.25) is 0 Å². The van der Waals surface area contributed by atoms with Crippen LogP contribution in [-0.4, -0.2) is 32.3 Å². The molecule has 0 aromatic heterocycles. The molecule has 7 heteroatoms. The summed E-state index contributed by atoms with van der Waals surface area (Å²) < 4.78 is 41.0. The van der Waals surface area contributed by atoms with Crippen LogP contribution in [0.15, 0.2) is 18.2 Å². The number of alkyl halides is 3. The van der Waals surface area contributed by atoms with E-state index >= 15 is 0 Å². The lowest BCUT2D eigenvalue weighted by molar-refractivity contribution is -0.139. The SMILES string of the molecule is CNC(C)c1ccc(OCC(=O)NCC(F)(F)F)c(C)c1. The number of carbonyl (C=O) groups excluding carboxylic acids is 1. The second-order valence-corrected chi connectivity index (χ2v) is 4.72. The van der Waals surface area contributed by atoms with Gasteiger partial charge in [0.25, 0.3) is 5.91 Å². The smallest absolute Gasteiger partial charge is 0.405 e. The average Bonchev–Trinajstić information content (AvgIpc) is 2.42. The summed E-state index contributed by atoms with van der Waals surface area (Å²) in [6.07, 6.45) is -4.42. The molecule has 2 N–H and O–H groups in total. The topological polar surface area (TPSA) is 50.4 Å². The predicted molar refractivity (Wildman–Crippen MR) is 73.2 cm³/mol. The third-order valence-electron chi connectivity index (χ3n) is 2.98. The Bertz CT molecular complexity index is 490. The zero-order chi connectivity index (χ0) is 16.0. The van der Waals surface area contributed by atoms with Crippen molar-refractivity contribution < 1.29 is 22.7 Å². The van der Waals surface area contributed by atoms with Crippen LogP contribution < -0.4 is 15.4 Å². The Balaban J connectivity index is 2.54. The Morgan fingerprint density at radius 1 is 1.38 bits per heavy atom. The number of halogens is 3. The van der Waals surface area contributed by atoms with Gasteiger partial charge in [-0.25, -0.2) is 0 Å². The van der Waals surface area contributed by atoms with E-state index in [0.717, 1.165) is 11.1 Å². The van der Waals surface area contributed by atoms with Gasteiger partial charge in [-0.05, 0) is 38.1 Å². The van der Waals surface area contributed by atoms with Gasteiger partial charge in [0.2, 0.25) is 0 Å². The summed E-state index contributed by atoms with van der Waals surface area (Å²) in [7, 11) is 1.84. The van der Waals surface area contributed by atoms with Gasteiger partial charge < -0.3 is 15.4 Å². The van der Waals surface area contributed by atoms with Gasteiger partial charge in [0.15, 0.2) is 6.61 Å². The third kappa shape index (κ3) is 6.03. The van der Waals surface area contributed by atoms with E-state index in [9.17, 15) is 18.0 Å². The highest BCUT2D eigenvalue weighted by Crippen LogP contribution is 2.22. The van der Waals surface area contributed by atoms with Crippen molar-refractivity contribution in [1.29, 1.82) is 0 Å². The van der Waals surface area contributed by atoms with Crippen molar-refractivity contribution in [2.75, 3.05) is 20.2 Å². The number of hydrogen-bond donors (Lipinski definition) is 2. The highest BCUT2D eigenvalue weighted by atomic mass is 19.4. The molecule has 118 valence electrons. The van der Waals surface area contributed by atoms with Gasteiger partial charge in [0, 0.05) is 6.04 Å². The standard InChI is InChI=1S/C14H19F3N2O2/c1-9-6-11(10(2)18-3)4-5-12(9)21-7-13(20)19-8-14(15,16)17/h4-6,10,18H,7-8H2,1-3H3,(H,19,20). The van der Waals surface area contributed by atoms with Crippen molar-refractivity contribution in [1.82, 2.24) is 10.6 Å². The van der Waals surface area contributed by atoms with Crippen LogP contribution in [0.4, 0.5) is 13.2 Å². The largest absolute Gasteiger partial charge is 0.484 e. The van der Waals surface area contributed by atoms with Gasteiger partial charge in [-0.1, -0.05) is 12.1 Å². The van der Waals surface area contributed by atoms with Crippen LogP contribution in [0.3, 0.4) is 0 Å². The van der Waals surface area contributed by atoms with E-state index in [0.29, 0.717) is 5.75 Å². The molecule has 1 aromatic rings. The molecule has 0 saturated carbocycles. The molecule has 0 heterocycles. The summed E-state index contributed by atoms with van der Waals surface area (Å²) in [4.78, 5) is 11.2. The maximum atomic E-state index is 11.9. The van der Waals surface area contributed by atoms with Crippen molar-refractivity contribution in [3.05, 3.63) is 29.3 Å². The number of carbonyl (C=O) groups is 1. The highest BCUT2D eigenvalue weighted by molar-refractivity contribution is 5.77. The van der Waals surface area contributed by atoms with Crippen molar-refractivity contribution in [2.45, 2.75) is 26.1 Å². The van der Waals surface area contributed by atoms with Crippen LogP contribution >= 0.6 is 0 Å². The second kappa shape index (κ2) is 7.31. The summed E-state index contributed by atoms with van der Waals surface area (Å²) in [5.74, 6) is -0.330. The Kier molecular flexibility index (Phi) is 6.02. The molecule has 1 rings (SSSR count). The third-order valence-corrected chi connectivity index (χ3v) is 2.98. The number of ether oxygens (including phenoxy) is 1. The van der Waals surface area contributed by atoms with E-state index in [4.69, 9.17) is 4.74 Å². The molecule has 1 amide bonds. The number of benzene rings is 1.